The molecule has 160 valence electrons. The third kappa shape index (κ3) is 8.39. The average molecular weight is 381 g/mol. The Labute approximate surface area is 169 Å². The van der Waals surface area contributed by atoms with E-state index >= 15 is 0 Å². The number of rotatable bonds is 9. The number of piperidine rings is 1. The fourth-order valence-electron chi connectivity index (χ4n) is 4.94. The minimum absolute atomic E-state index is 0.613. The summed E-state index contributed by atoms with van der Waals surface area (Å²) in [5.41, 5.74) is 0. The smallest absolute Gasteiger partial charge is 0.00937 e. The molecule has 4 nitrogen and oxygen atoms in total. The lowest BCUT2D eigenvalue weighted by molar-refractivity contribution is 0.139. The average Bonchev–Trinajstić information content (AvgIpc) is 2.85. The zero-order chi connectivity index (χ0) is 19.8. The van der Waals surface area contributed by atoms with Gasteiger partial charge in [-0.25, -0.2) is 0 Å². The van der Waals surface area contributed by atoms with Gasteiger partial charge in [0, 0.05) is 36.3 Å². The Kier molecular flexibility index (Phi) is 10.1. The molecule has 2 N–H and O–H groups in total. The number of likely N-dealkylation sites (tertiary alicyclic amines) is 2. The van der Waals surface area contributed by atoms with Crippen LogP contribution in [0, 0.1) is 0 Å². The molecular formula is C23H48N4. The van der Waals surface area contributed by atoms with Crippen LogP contribution in [0.15, 0.2) is 0 Å². The third-order valence-electron chi connectivity index (χ3n) is 6.75. The highest BCUT2D eigenvalue weighted by atomic mass is 15.2. The van der Waals surface area contributed by atoms with Crippen molar-refractivity contribution in [1.29, 1.82) is 0 Å². The molecule has 3 unspecified atom stereocenters. The maximum atomic E-state index is 3.95. The summed E-state index contributed by atoms with van der Waals surface area (Å²) in [7, 11) is 0. The normalized spacial score (nSPS) is 26.4. The minimum Gasteiger partial charge on any atom is -0.312 e. The Bertz CT molecular complexity index is 390. The summed E-state index contributed by atoms with van der Waals surface area (Å²) in [4.78, 5) is 5.36. The zero-order valence-electron chi connectivity index (χ0n) is 19.1. The van der Waals surface area contributed by atoms with Gasteiger partial charge >= 0.3 is 0 Å². The Morgan fingerprint density at radius 2 is 1.30 bits per heavy atom. The van der Waals surface area contributed by atoms with E-state index in [0.717, 1.165) is 18.1 Å². The van der Waals surface area contributed by atoms with Gasteiger partial charge in [0.1, 0.15) is 0 Å². The van der Waals surface area contributed by atoms with Crippen LogP contribution in [-0.4, -0.2) is 72.2 Å². The summed E-state index contributed by atoms with van der Waals surface area (Å²) >= 11 is 0. The molecular weight excluding hydrogens is 332 g/mol. The Morgan fingerprint density at radius 1 is 0.704 bits per heavy atom. The van der Waals surface area contributed by atoms with Crippen LogP contribution in [0.2, 0.25) is 0 Å². The first-order valence-corrected chi connectivity index (χ1v) is 11.8. The molecule has 0 amide bonds. The summed E-state index contributed by atoms with van der Waals surface area (Å²) < 4.78 is 0. The minimum atomic E-state index is 0.613. The molecule has 0 bridgehead atoms. The molecule has 2 saturated heterocycles. The molecule has 2 aliphatic rings. The van der Waals surface area contributed by atoms with E-state index in [1.54, 1.807) is 0 Å². The van der Waals surface area contributed by atoms with Gasteiger partial charge < -0.3 is 20.4 Å². The summed E-state index contributed by atoms with van der Waals surface area (Å²) in [6.07, 6.45) is 9.25. The molecule has 0 spiro atoms. The molecule has 0 radical (unpaired) electrons. The van der Waals surface area contributed by atoms with E-state index in [-0.39, 0.29) is 0 Å². The fourth-order valence-corrected chi connectivity index (χ4v) is 4.94. The van der Waals surface area contributed by atoms with Gasteiger partial charge in [0.25, 0.3) is 0 Å². The van der Waals surface area contributed by atoms with E-state index in [1.807, 2.05) is 0 Å². The van der Waals surface area contributed by atoms with Gasteiger partial charge in [0.2, 0.25) is 0 Å². The van der Waals surface area contributed by atoms with Crippen LogP contribution in [-0.2, 0) is 0 Å². The molecule has 2 heterocycles. The highest BCUT2D eigenvalue weighted by Crippen LogP contribution is 2.18. The van der Waals surface area contributed by atoms with Gasteiger partial charge in [-0.3, -0.25) is 0 Å². The largest absolute Gasteiger partial charge is 0.312 e. The van der Waals surface area contributed by atoms with Crippen molar-refractivity contribution in [3.05, 3.63) is 0 Å². The number of hydrogen-bond donors (Lipinski definition) is 2. The number of nitrogens with one attached hydrogen (secondary N) is 2. The van der Waals surface area contributed by atoms with E-state index < -0.39 is 0 Å². The molecule has 4 heteroatoms. The lowest BCUT2D eigenvalue weighted by Crippen LogP contribution is -2.47. The molecule has 2 aliphatic heterocycles. The van der Waals surface area contributed by atoms with Crippen molar-refractivity contribution in [3.63, 3.8) is 0 Å². The maximum Gasteiger partial charge on any atom is 0.00937 e. The monoisotopic (exact) mass is 380 g/mol. The molecule has 3 atom stereocenters. The number of nitrogens with zero attached hydrogens (tertiary/aromatic N) is 2. The summed E-state index contributed by atoms with van der Waals surface area (Å²) in [5, 5.41) is 7.66. The van der Waals surface area contributed by atoms with Crippen molar-refractivity contribution in [3.8, 4) is 0 Å². The Morgan fingerprint density at radius 3 is 1.89 bits per heavy atom. The topological polar surface area (TPSA) is 30.5 Å². The predicted octanol–water partition coefficient (Wildman–Crippen LogP) is 3.86. The SMILES string of the molecule is CC(C)NC1CCN(C(C)CCC(C)NC2CCCN(C(C)C)CC2)CC1. The summed E-state index contributed by atoms with van der Waals surface area (Å²) in [6.45, 7) is 19.1. The first kappa shape index (κ1) is 23.1. The van der Waals surface area contributed by atoms with Gasteiger partial charge in [-0.1, -0.05) is 13.8 Å². The van der Waals surface area contributed by atoms with Gasteiger partial charge in [-0.05, 0) is 98.8 Å². The zero-order valence-corrected chi connectivity index (χ0v) is 19.1. The maximum absolute atomic E-state index is 3.95. The summed E-state index contributed by atoms with van der Waals surface area (Å²) in [6, 6.07) is 4.12. The highest BCUT2D eigenvalue weighted by Gasteiger charge is 2.24. The first-order valence-electron chi connectivity index (χ1n) is 11.8. The molecule has 0 aliphatic carbocycles. The second kappa shape index (κ2) is 11.7. The molecule has 0 aromatic rings. The lowest BCUT2D eigenvalue weighted by atomic mass is 9.99. The lowest BCUT2D eigenvalue weighted by Gasteiger charge is -2.37. The van der Waals surface area contributed by atoms with Crippen LogP contribution in [0.25, 0.3) is 0 Å². The van der Waals surface area contributed by atoms with Crippen molar-refractivity contribution in [2.75, 3.05) is 26.2 Å². The molecule has 0 aromatic heterocycles. The van der Waals surface area contributed by atoms with Crippen molar-refractivity contribution in [1.82, 2.24) is 20.4 Å². The molecule has 0 aromatic carbocycles. The van der Waals surface area contributed by atoms with Crippen LogP contribution in [0.3, 0.4) is 0 Å². The van der Waals surface area contributed by atoms with Crippen molar-refractivity contribution in [2.24, 2.45) is 0 Å². The number of hydrogen-bond acceptors (Lipinski definition) is 4. The van der Waals surface area contributed by atoms with Crippen molar-refractivity contribution < 1.29 is 0 Å². The predicted molar refractivity (Wildman–Crippen MR) is 119 cm³/mol. The Balaban J connectivity index is 1.63. The van der Waals surface area contributed by atoms with E-state index in [4.69, 9.17) is 0 Å². The van der Waals surface area contributed by atoms with Crippen molar-refractivity contribution >= 4 is 0 Å². The van der Waals surface area contributed by atoms with Crippen LogP contribution in [0.1, 0.15) is 86.5 Å². The van der Waals surface area contributed by atoms with Gasteiger partial charge in [-0.15, -0.1) is 0 Å². The van der Waals surface area contributed by atoms with Crippen LogP contribution in [0.4, 0.5) is 0 Å². The molecule has 0 saturated carbocycles. The second-order valence-electron chi connectivity index (χ2n) is 9.88. The fraction of sp³-hybridized carbons (Fsp3) is 1.00. The Hall–Kier alpha value is -0.160. The second-order valence-corrected chi connectivity index (χ2v) is 9.88. The van der Waals surface area contributed by atoms with Crippen LogP contribution in [0.5, 0.6) is 0 Å². The third-order valence-corrected chi connectivity index (χ3v) is 6.75. The van der Waals surface area contributed by atoms with E-state index in [1.165, 1.54) is 71.1 Å². The van der Waals surface area contributed by atoms with E-state index in [0.29, 0.717) is 18.1 Å². The molecule has 2 rings (SSSR count). The van der Waals surface area contributed by atoms with Gasteiger partial charge in [0.15, 0.2) is 0 Å². The molecule has 2 fully saturated rings. The van der Waals surface area contributed by atoms with Crippen LogP contribution >= 0.6 is 0 Å². The van der Waals surface area contributed by atoms with Crippen molar-refractivity contribution in [2.45, 2.75) is 123 Å². The summed E-state index contributed by atoms with van der Waals surface area (Å²) in [5.74, 6) is 0. The standard InChI is InChI=1S/C23H48N4/c1-18(2)24-23-12-16-27(17-13-23)21(6)10-9-20(5)25-22-8-7-14-26(15-11-22)19(3)4/h18-25H,7-17H2,1-6H3. The van der Waals surface area contributed by atoms with Gasteiger partial charge in [-0.2, -0.15) is 0 Å². The quantitative estimate of drug-likeness (QED) is 0.636. The van der Waals surface area contributed by atoms with E-state index in [2.05, 4.69) is 62.0 Å². The van der Waals surface area contributed by atoms with E-state index in [9.17, 15) is 0 Å². The van der Waals surface area contributed by atoms with Gasteiger partial charge in [0.05, 0.1) is 0 Å². The highest BCUT2D eigenvalue weighted by molar-refractivity contribution is 4.83. The molecule has 27 heavy (non-hydrogen) atoms. The first-order chi connectivity index (χ1) is 12.8. The van der Waals surface area contributed by atoms with Crippen LogP contribution < -0.4 is 10.6 Å².